The smallest absolute Gasteiger partial charge is 0.0141 e. The van der Waals surface area contributed by atoms with Crippen LogP contribution in [0, 0.1) is 82.3 Å². The molecule has 226 valence electrons. The summed E-state index contributed by atoms with van der Waals surface area (Å²) in [6, 6.07) is 0. The van der Waals surface area contributed by atoms with E-state index in [2.05, 4.69) is 95.4 Å². The zero-order chi connectivity index (χ0) is 28.6. The molecule has 0 spiro atoms. The van der Waals surface area contributed by atoms with Crippen molar-refractivity contribution in [1.29, 1.82) is 0 Å². The lowest BCUT2D eigenvalue weighted by Crippen LogP contribution is -2.12. The summed E-state index contributed by atoms with van der Waals surface area (Å²) >= 11 is 0. The van der Waals surface area contributed by atoms with Crippen molar-refractivity contribution >= 4 is 0 Å². The van der Waals surface area contributed by atoms with E-state index in [1.54, 1.807) is 0 Å². The van der Waals surface area contributed by atoms with E-state index in [4.69, 9.17) is 0 Å². The van der Waals surface area contributed by atoms with Crippen LogP contribution in [0.3, 0.4) is 0 Å². The molecule has 0 aromatic rings. The first-order valence-corrected chi connectivity index (χ1v) is 18.2. The van der Waals surface area contributed by atoms with Crippen molar-refractivity contribution in [3.05, 3.63) is 60.8 Å². The van der Waals surface area contributed by atoms with Crippen molar-refractivity contribution in [2.24, 2.45) is 82.3 Å². The normalized spacial score (nSPS) is 49.9. The largest absolute Gasteiger partial charge is 0.0851 e. The topological polar surface area (TPSA) is 0 Å². The molecule has 0 nitrogen and oxygen atoms in total. The third-order valence-corrected chi connectivity index (χ3v) is 13.6. The van der Waals surface area contributed by atoms with Crippen molar-refractivity contribution in [2.45, 2.75) is 112 Å². The molecule has 0 N–H and O–H groups in total. The van der Waals surface area contributed by atoms with Gasteiger partial charge in [-0.3, -0.25) is 0 Å². The van der Waals surface area contributed by atoms with Crippen molar-refractivity contribution in [3.8, 4) is 0 Å². The Hall–Kier alpha value is -1.30. The number of hydrogen-bond donors (Lipinski definition) is 0. The molecular formula is C41H62. The predicted molar refractivity (Wildman–Crippen MR) is 177 cm³/mol. The summed E-state index contributed by atoms with van der Waals surface area (Å²) in [6.45, 7) is 11.8. The van der Waals surface area contributed by atoms with E-state index >= 15 is 0 Å². The molecule has 10 bridgehead atoms. The van der Waals surface area contributed by atoms with Crippen LogP contribution < -0.4 is 0 Å². The van der Waals surface area contributed by atoms with Crippen LogP contribution in [0.4, 0.5) is 0 Å². The maximum atomic E-state index is 2.43. The molecular weight excluding hydrogens is 492 g/mol. The lowest BCUT2D eigenvalue weighted by Gasteiger charge is -2.19. The third kappa shape index (κ3) is 6.93. The van der Waals surface area contributed by atoms with Crippen LogP contribution in [0.1, 0.15) is 112 Å². The van der Waals surface area contributed by atoms with Gasteiger partial charge in [0.25, 0.3) is 0 Å². The maximum Gasteiger partial charge on any atom is -0.0141 e. The molecule has 14 unspecified atom stereocenters. The Morgan fingerprint density at radius 1 is 0.537 bits per heavy atom. The van der Waals surface area contributed by atoms with Crippen LogP contribution >= 0.6 is 0 Å². The zero-order valence-electron chi connectivity index (χ0n) is 27.3. The molecule has 0 amide bonds. The van der Waals surface area contributed by atoms with Gasteiger partial charge in [-0.1, -0.05) is 102 Å². The van der Waals surface area contributed by atoms with Crippen molar-refractivity contribution in [3.63, 3.8) is 0 Å². The van der Waals surface area contributed by atoms with E-state index in [-0.39, 0.29) is 0 Å². The molecule has 0 radical (unpaired) electrons. The average molecular weight is 555 g/mol. The summed E-state index contributed by atoms with van der Waals surface area (Å²) in [5, 5.41) is 0. The van der Waals surface area contributed by atoms with Gasteiger partial charge in [0.05, 0.1) is 0 Å². The second kappa shape index (κ2) is 12.7. The molecule has 14 atom stereocenters. The molecule has 5 saturated carbocycles. The summed E-state index contributed by atoms with van der Waals surface area (Å²) in [6.07, 6.45) is 41.5. The Balaban J connectivity index is 0.0000000924. The number of hydrogen-bond acceptors (Lipinski definition) is 0. The highest BCUT2D eigenvalue weighted by Crippen LogP contribution is 2.49. The molecule has 41 heavy (non-hydrogen) atoms. The van der Waals surface area contributed by atoms with E-state index in [0.717, 1.165) is 76.9 Å². The second-order valence-electron chi connectivity index (χ2n) is 16.6. The van der Waals surface area contributed by atoms with Gasteiger partial charge in [-0.25, -0.2) is 0 Å². The molecule has 0 saturated heterocycles. The molecule has 10 rings (SSSR count). The molecule has 5 fully saturated rings. The van der Waals surface area contributed by atoms with Gasteiger partial charge in [0.1, 0.15) is 0 Å². The lowest BCUT2D eigenvalue weighted by molar-refractivity contribution is 0.364. The fourth-order valence-corrected chi connectivity index (χ4v) is 10.5. The molecule has 0 aliphatic heterocycles. The Labute approximate surface area is 254 Å². The summed E-state index contributed by atoms with van der Waals surface area (Å²) < 4.78 is 0. The van der Waals surface area contributed by atoms with Gasteiger partial charge in [0.15, 0.2) is 0 Å². The lowest BCUT2D eigenvalue weighted by atomic mass is 9.86. The van der Waals surface area contributed by atoms with Crippen LogP contribution in [-0.4, -0.2) is 0 Å². The summed E-state index contributed by atoms with van der Waals surface area (Å²) in [7, 11) is 0. The van der Waals surface area contributed by atoms with Crippen LogP contribution in [0.2, 0.25) is 0 Å². The first-order valence-electron chi connectivity index (χ1n) is 18.2. The van der Waals surface area contributed by atoms with Crippen LogP contribution in [0.5, 0.6) is 0 Å². The average Bonchev–Trinajstić information content (AvgIpc) is 3.83. The van der Waals surface area contributed by atoms with E-state index in [1.807, 2.05) is 0 Å². The molecule has 0 aromatic carbocycles. The monoisotopic (exact) mass is 554 g/mol. The summed E-state index contributed by atoms with van der Waals surface area (Å²) in [5.41, 5.74) is 0.630. The Morgan fingerprint density at radius 2 is 1.12 bits per heavy atom. The maximum absolute atomic E-state index is 2.43. The fraction of sp³-hybridized carbons (Fsp3) is 0.756. The minimum absolute atomic E-state index is 0.630. The predicted octanol–water partition coefficient (Wildman–Crippen LogP) is 11.6. The first kappa shape index (κ1) is 29.8. The fourth-order valence-electron chi connectivity index (χ4n) is 10.5. The van der Waals surface area contributed by atoms with Crippen molar-refractivity contribution < 1.29 is 0 Å². The van der Waals surface area contributed by atoms with Crippen molar-refractivity contribution in [1.82, 2.24) is 0 Å². The highest BCUT2D eigenvalue weighted by Gasteiger charge is 2.39. The van der Waals surface area contributed by atoms with Gasteiger partial charge in [0, 0.05) is 0 Å². The summed E-state index contributed by atoms with van der Waals surface area (Å²) in [5.74, 6) is 12.6. The standard InChI is InChI=1S/2C9H14.2C8H12.C7H10/c1-6-7(2)9-4-3-8(6)5-9;1-2-8-5-7-3-4-9(8)6-7;1-8-4-2-7(6-8)3-5-8;1-6-4-7-2-3-8(6)5-7;1-2-7-4-3-6(1)5-7/h3-4,6-9H,5H2,1-2H3;3-4,7-9H,2,5-6H2,1H3;2,4,7H,3,5-6H2,1H3;2-3,6-8H,4-5H2,1H3;1-2,6-7H,3-5H2. The highest BCUT2D eigenvalue weighted by atomic mass is 14.4. The molecule has 0 heteroatoms. The molecule has 10 aliphatic carbocycles. The van der Waals surface area contributed by atoms with Crippen molar-refractivity contribution in [2.75, 3.05) is 0 Å². The first-order chi connectivity index (χ1) is 19.8. The van der Waals surface area contributed by atoms with Gasteiger partial charge < -0.3 is 0 Å². The van der Waals surface area contributed by atoms with Gasteiger partial charge in [-0.05, 0) is 153 Å². The molecule has 0 aromatic heterocycles. The molecule has 10 aliphatic rings. The Morgan fingerprint density at radius 3 is 1.32 bits per heavy atom. The number of rotatable bonds is 1. The second-order valence-corrected chi connectivity index (χ2v) is 16.6. The van der Waals surface area contributed by atoms with Crippen LogP contribution in [0.25, 0.3) is 0 Å². The van der Waals surface area contributed by atoms with E-state index < -0.39 is 0 Å². The van der Waals surface area contributed by atoms with E-state index in [0.29, 0.717) is 5.41 Å². The highest BCUT2D eigenvalue weighted by molar-refractivity contribution is 5.14. The van der Waals surface area contributed by atoms with Gasteiger partial charge in [-0.2, -0.15) is 0 Å². The Kier molecular flexibility index (Phi) is 9.25. The number of fused-ring (bicyclic) bond motifs is 10. The van der Waals surface area contributed by atoms with Crippen LogP contribution in [-0.2, 0) is 0 Å². The zero-order valence-corrected chi connectivity index (χ0v) is 27.3. The Bertz CT molecular complexity index is 995. The van der Waals surface area contributed by atoms with E-state index in [9.17, 15) is 0 Å². The third-order valence-electron chi connectivity index (χ3n) is 13.6. The van der Waals surface area contributed by atoms with Crippen LogP contribution in [0.15, 0.2) is 60.8 Å². The SMILES string of the molecule is C1=CC2CCC1C2.CC12C=CC(CC1)C2.CC1C2C=CC(C2)C1C.CC1CC2C=CC1C2.CCC1CC2C=CC1C2. The minimum Gasteiger partial charge on any atom is -0.0851 e. The van der Waals surface area contributed by atoms with E-state index in [1.165, 1.54) is 77.0 Å². The minimum atomic E-state index is 0.630. The quantitative estimate of drug-likeness (QED) is 0.283. The summed E-state index contributed by atoms with van der Waals surface area (Å²) in [4.78, 5) is 0. The van der Waals surface area contributed by atoms with Gasteiger partial charge >= 0.3 is 0 Å². The van der Waals surface area contributed by atoms with Gasteiger partial charge in [0.2, 0.25) is 0 Å². The number of allylic oxidation sites excluding steroid dienone is 10. The molecule has 0 heterocycles. The van der Waals surface area contributed by atoms with Gasteiger partial charge in [-0.15, -0.1) is 0 Å².